The maximum atomic E-state index is 2.30. The van der Waals surface area contributed by atoms with E-state index >= 15 is 0 Å². The van der Waals surface area contributed by atoms with E-state index in [1.54, 1.807) is 0 Å². The summed E-state index contributed by atoms with van der Waals surface area (Å²) in [5.41, 5.74) is 0. The minimum atomic E-state index is 0. The van der Waals surface area contributed by atoms with Crippen molar-refractivity contribution in [2.45, 2.75) is 168 Å². The molecule has 0 fully saturated rings. The van der Waals surface area contributed by atoms with E-state index in [1.807, 2.05) is 0 Å². The fraction of sp³-hybridized carbons (Fsp3) is 1.00. The summed E-state index contributed by atoms with van der Waals surface area (Å²) in [5.74, 6) is 0. The van der Waals surface area contributed by atoms with Crippen molar-refractivity contribution in [2.24, 2.45) is 0 Å². The summed E-state index contributed by atoms with van der Waals surface area (Å²) >= 11 is 0. The maximum Gasteiger partial charge on any atom is 1.00 e. The van der Waals surface area contributed by atoms with Gasteiger partial charge in [0.05, 0.1) is 0 Å². The van der Waals surface area contributed by atoms with E-state index in [0.29, 0.717) is 0 Å². The first-order chi connectivity index (χ1) is 12.9. The third-order valence-corrected chi connectivity index (χ3v) is 5.96. The SMILES string of the molecule is CCCCCCCCCCCCCCCCCCCCCCCCCC.[H-].[Na+]. The first kappa shape index (κ1) is 30.2. The Hall–Kier alpha value is 1.00. The van der Waals surface area contributed by atoms with Crippen LogP contribution in [0.4, 0.5) is 0 Å². The molecule has 27 heavy (non-hydrogen) atoms. The molecule has 1 heteroatoms. The summed E-state index contributed by atoms with van der Waals surface area (Å²) in [6.07, 6.45) is 35.4. The zero-order valence-electron chi connectivity index (χ0n) is 21.0. The van der Waals surface area contributed by atoms with Crippen LogP contribution >= 0.6 is 0 Å². The van der Waals surface area contributed by atoms with Crippen molar-refractivity contribution in [3.63, 3.8) is 0 Å². The van der Waals surface area contributed by atoms with Gasteiger partial charge in [0.25, 0.3) is 0 Å². The molecule has 0 nitrogen and oxygen atoms in total. The quantitative estimate of drug-likeness (QED) is 0.125. The largest absolute Gasteiger partial charge is 1.00 e. The standard InChI is InChI=1S/C26H54.Na.H/c1-3-5-7-9-11-13-15-17-19-21-23-25-26-24-22-20-18-16-14-12-10-8-6-4-2;;/h3-26H2,1-2H3;;/q;+1;-1. The molecule has 0 heterocycles. The van der Waals surface area contributed by atoms with Crippen LogP contribution in [0.2, 0.25) is 0 Å². The Morgan fingerprint density at radius 1 is 0.259 bits per heavy atom. The molecule has 0 aromatic rings. The van der Waals surface area contributed by atoms with Crippen LogP contribution in [0.3, 0.4) is 0 Å². The Balaban J connectivity index is -0.00000312. The van der Waals surface area contributed by atoms with Crippen LogP contribution in [0, 0.1) is 0 Å². The molecule has 0 rings (SSSR count). The summed E-state index contributed by atoms with van der Waals surface area (Å²) < 4.78 is 0. The summed E-state index contributed by atoms with van der Waals surface area (Å²) in [6, 6.07) is 0. The Bertz CT molecular complexity index is 208. The van der Waals surface area contributed by atoms with E-state index in [2.05, 4.69) is 13.8 Å². The van der Waals surface area contributed by atoms with Crippen molar-refractivity contribution in [1.82, 2.24) is 0 Å². The van der Waals surface area contributed by atoms with Crippen molar-refractivity contribution >= 4 is 0 Å². The second-order valence-electron chi connectivity index (χ2n) is 8.78. The molecule has 0 saturated carbocycles. The number of rotatable bonds is 23. The minimum Gasteiger partial charge on any atom is -1.00 e. The Morgan fingerprint density at radius 2 is 0.370 bits per heavy atom. The van der Waals surface area contributed by atoms with Crippen molar-refractivity contribution < 1.29 is 31.0 Å². The first-order valence-corrected chi connectivity index (χ1v) is 12.9. The Kier molecular flexibility index (Phi) is 32.7. The van der Waals surface area contributed by atoms with Gasteiger partial charge in [-0.05, 0) is 0 Å². The van der Waals surface area contributed by atoms with Gasteiger partial charge in [-0.3, -0.25) is 0 Å². The van der Waals surface area contributed by atoms with E-state index in [4.69, 9.17) is 0 Å². The number of hydrogen-bond acceptors (Lipinski definition) is 0. The number of hydrogen-bond donors (Lipinski definition) is 0. The van der Waals surface area contributed by atoms with E-state index in [9.17, 15) is 0 Å². The van der Waals surface area contributed by atoms with Crippen molar-refractivity contribution in [2.75, 3.05) is 0 Å². The smallest absolute Gasteiger partial charge is 1.00 e. The number of unbranched alkanes of at least 4 members (excludes halogenated alkanes) is 23. The summed E-state index contributed by atoms with van der Waals surface area (Å²) in [5, 5.41) is 0. The van der Waals surface area contributed by atoms with Crippen molar-refractivity contribution in [3.8, 4) is 0 Å². The molecular formula is C26H55Na. The molecule has 0 aromatic carbocycles. The van der Waals surface area contributed by atoms with Crippen LogP contribution in [0.1, 0.15) is 169 Å². The van der Waals surface area contributed by atoms with Gasteiger partial charge >= 0.3 is 29.6 Å². The molecule has 0 bridgehead atoms. The van der Waals surface area contributed by atoms with Crippen LogP contribution in [-0.4, -0.2) is 0 Å². The van der Waals surface area contributed by atoms with E-state index in [0.717, 1.165) is 0 Å². The van der Waals surface area contributed by atoms with E-state index in [1.165, 1.54) is 154 Å². The molecule has 0 aliphatic heterocycles. The molecule has 0 aliphatic carbocycles. The third kappa shape index (κ3) is 29.3. The third-order valence-electron chi connectivity index (χ3n) is 5.96. The van der Waals surface area contributed by atoms with Gasteiger partial charge in [-0.25, -0.2) is 0 Å². The van der Waals surface area contributed by atoms with Gasteiger partial charge in [0.1, 0.15) is 0 Å². The molecule has 0 aliphatic rings. The normalized spacial score (nSPS) is 10.9. The fourth-order valence-electron chi connectivity index (χ4n) is 4.04. The van der Waals surface area contributed by atoms with Gasteiger partial charge in [-0.1, -0.05) is 168 Å². The Morgan fingerprint density at radius 3 is 0.481 bits per heavy atom. The van der Waals surface area contributed by atoms with Gasteiger partial charge in [0.15, 0.2) is 0 Å². The molecule has 0 aromatic heterocycles. The molecule has 0 saturated heterocycles. The Labute approximate surface area is 198 Å². The van der Waals surface area contributed by atoms with E-state index < -0.39 is 0 Å². The van der Waals surface area contributed by atoms with Gasteiger partial charge in [0, 0.05) is 0 Å². The molecule has 0 spiro atoms. The zero-order chi connectivity index (χ0) is 19.0. The van der Waals surface area contributed by atoms with Crippen LogP contribution < -0.4 is 29.6 Å². The zero-order valence-corrected chi connectivity index (χ0v) is 22.0. The second-order valence-corrected chi connectivity index (χ2v) is 8.78. The van der Waals surface area contributed by atoms with Gasteiger partial charge < -0.3 is 1.43 Å². The van der Waals surface area contributed by atoms with Gasteiger partial charge in [-0.15, -0.1) is 0 Å². The molecule has 0 amide bonds. The maximum absolute atomic E-state index is 2.30. The molecule has 0 N–H and O–H groups in total. The van der Waals surface area contributed by atoms with Crippen molar-refractivity contribution in [3.05, 3.63) is 0 Å². The first-order valence-electron chi connectivity index (χ1n) is 12.9. The van der Waals surface area contributed by atoms with E-state index in [-0.39, 0.29) is 31.0 Å². The van der Waals surface area contributed by atoms with Gasteiger partial charge in [0.2, 0.25) is 0 Å². The predicted octanol–water partition coefficient (Wildman–Crippen LogP) is 7.51. The van der Waals surface area contributed by atoms with Crippen LogP contribution in [0.5, 0.6) is 0 Å². The summed E-state index contributed by atoms with van der Waals surface area (Å²) in [4.78, 5) is 0. The topological polar surface area (TPSA) is 0 Å². The van der Waals surface area contributed by atoms with Crippen LogP contribution in [-0.2, 0) is 0 Å². The van der Waals surface area contributed by atoms with Crippen LogP contribution in [0.15, 0.2) is 0 Å². The molecule has 160 valence electrons. The molecule has 0 unspecified atom stereocenters. The van der Waals surface area contributed by atoms with Crippen LogP contribution in [0.25, 0.3) is 0 Å². The fourth-order valence-corrected chi connectivity index (χ4v) is 4.04. The average molecular weight is 391 g/mol. The summed E-state index contributed by atoms with van der Waals surface area (Å²) in [6.45, 7) is 4.61. The summed E-state index contributed by atoms with van der Waals surface area (Å²) in [7, 11) is 0. The monoisotopic (exact) mass is 390 g/mol. The van der Waals surface area contributed by atoms with Gasteiger partial charge in [-0.2, -0.15) is 0 Å². The second kappa shape index (κ2) is 29.2. The van der Waals surface area contributed by atoms with Crippen molar-refractivity contribution in [1.29, 1.82) is 0 Å². The molecular weight excluding hydrogens is 335 g/mol. The molecule has 0 radical (unpaired) electrons. The minimum absolute atomic E-state index is 0. The average Bonchev–Trinajstić information content (AvgIpc) is 2.66. The molecule has 0 atom stereocenters. The predicted molar refractivity (Wildman–Crippen MR) is 123 cm³/mol.